The van der Waals surface area contributed by atoms with Gasteiger partial charge in [0.1, 0.15) is 0 Å². The first-order valence-electron chi connectivity index (χ1n) is 6.40. The summed E-state index contributed by atoms with van der Waals surface area (Å²) >= 11 is 0. The molecule has 0 saturated heterocycles. The Hall–Kier alpha value is -0.130. The highest BCUT2D eigenvalue weighted by Crippen LogP contribution is 2.36. The van der Waals surface area contributed by atoms with Crippen molar-refractivity contribution in [1.29, 1.82) is 0 Å². The van der Waals surface area contributed by atoms with E-state index in [4.69, 9.17) is 5.14 Å². The zero-order valence-corrected chi connectivity index (χ0v) is 12.1. The number of nitrogens with two attached hydrogens (primary N) is 1. The van der Waals surface area contributed by atoms with Crippen molar-refractivity contribution in [2.24, 2.45) is 10.6 Å². The minimum Gasteiger partial charge on any atom is -0.303 e. The number of rotatable bonds is 5. The van der Waals surface area contributed by atoms with Crippen molar-refractivity contribution in [1.82, 2.24) is 4.90 Å². The van der Waals surface area contributed by atoms with Gasteiger partial charge < -0.3 is 4.90 Å². The van der Waals surface area contributed by atoms with Gasteiger partial charge in [-0.25, -0.2) is 13.6 Å². The molecule has 0 aromatic rings. The minimum atomic E-state index is -3.30. The predicted octanol–water partition coefficient (Wildman–Crippen LogP) is 1.57. The van der Waals surface area contributed by atoms with Crippen molar-refractivity contribution in [3.05, 3.63) is 0 Å². The lowest BCUT2D eigenvalue weighted by Gasteiger charge is -2.38. The lowest BCUT2D eigenvalue weighted by molar-refractivity contribution is 0.128. The summed E-state index contributed by atoms with van der Waals surface area (Å²) in [5, 5.41) is 4.99. The molecule has 0 bridgehead atoms. The summed E-state index contributed by atoms with van der Waals surface area (Å²) in [4.78, 5) is 2.29. The van der Waals surface area contributed by atoms with Crippen molar-refractivity contribution < 1.29 is 8.42 Å². The van der Waals surface area contributed by atoms with E-state index in [0.717, 1.165) is 6.54 Å². The fraction of sp³-hybridized carbons (Fsp3) is 1.00. The van der Waals surface area contributed by atoms with Gasteiger partial charge in [0.15, 0.2) is 0 Å². The van der Waals surface area contributed by atoms with Gasteiger partial charge >= 0.3 is 0 Å². The molecule has 1 fully saturated rings. The molecule has 0 unspecified atom stereocenters. The maximum Gasteiger partial charge on any atom is 0.209 e. The molecule has 1 saturated carbocycles. The van der Waals surface area contributed by atoms with E-state index in [1.165, 1.54) is 25.7 Å². The van der Waals surface area contributed by atoms with Gasteiger partial charge in [0, 0.05) is 6.04 Å². The summed E-state index contributed by atoms with van der Waals surface area (Å²) in [5.74, 6) is 0.0928. The van der Waals surface area contributed by atoms with Crippen LogP contribution >= 0.6 is 0 Å². The van der Waals surface area contributed by atoms with E-state index in [1.54, 1.807) is 0 Å². The number of sulfonamides is 1. The van der Waals surface area contributed by atoms with Crippen molar-refractivity contribution in [2.45, 2.75) is 52.0 Å². The molecule has 0 atom stereocenters. The predicted molar refractivity (Wildman–Crippen MR) is 71.3 cm³/mol. The Morgan fingerprint density at radius 2 is 1.82 bits per heavy atom. The fourth-order valence-corrected chi connectivity index (χ4v) is 3.05. The summed E-state index contributed by atoms with van der Waals surface area (Å²) in [5.41, 5.74) is 0.484. The smallest absolute Gasteiger partial charge is 0.209 e. The number of nitrogens with zero attached hydrogens (tertiary/aromatic N) is 1. The van der Waals surface area contributed by atoms with Crippen LogP contribution in [0.25, 0.3) is 0 Å². The van der Waals surface area contributed by atoms with Crippen LogP contribution in [0.4, 0.5) is 0 Å². The van der Waals surface area contributed by atoms with Crippen LogP contribution in [0, 0.1) is 5.41 Å². The van der Waals surface area contributed by atoms with Crippen LogP contribution in [-0.2, 0) is 10.0 Å². The molecule has 0 heterocycles. The van der Waals surface area contributed by atoms with Crippen molar-refractivity contribution in [3.63, 3.8) is 0 Å². The average Bonchev–Trinajstić information content (AvgIpc) is 2.15. The van der Waals surface area contributed by atoms with Crippen LogP contribution in [0.1, 0.15) is 46.0 Å². The Kier molecular flexibility index (Phi) is 4.98. The van der Waals surface area contributed by atoms with E-state index in [-0.39, 0.29) is 5.75 Å². The highest BCUT2D eigenvalue weighted by Gasteiger charge is 2.28. The molecule has 1 aliphatic rings. The molecule has 1 aliphatic carbocycles. The zero-order chi connectivity index (χ0) is 13.1. The second kappa shape index (κ2) is 5.67. The summed E-state index contributed by atoms with van der Waals surface area (Å²) < 4.78 is 21.7. The molecular formula is C12H26N2O2S. The largest absolute Gasteiger partial charge is 0.303 e. The maximum atomic E-state index is 10.8. The first-order valence-corrected chi connectivity index (χ1v) is 8.12. The van der Waals surface area contributed by atoms with Crippen LogP contribution in [-0.4, -0.2) is 38.7 Å². The second-order valence-electron chi connectivity index (χ2n) is 6.10. The topological polar surface area (TPSA) is 63.4 Å². The number of primary sulfonamides is 1. The van der Waals surface area contributed by atoms with E-state index in [1.807, 2.05) is 0 Å². The Balaban J connectivity index is 2.27. The summed E-state index contributed by atoms with van der Waals surface area (Å²) in [6.45, 7) is 5.47. The third-order valence-corrected chi connectivity index (χ3v) is 4.73. The number of hydrogen-bond acceptors (Lipinski definition) is 3. The Morgan fingerprint density at radius 3 is 2.29 bits per heavy atom. The molecule has 1 rings (SSSR count). The Labute approximate surface area is 106 Å². The van der Waals surface area contributed by atoms with Gasteiger partial charge in [-0.2, -0.15) is 0 Å². The lowest BCUT2D eigenvalue weighted by Crippen LogP contribution is -2.38. The zero-order valence-electron chi connectivity index (χ0n) is 11.3. The van der Waals surface area contributed by atoms with Crippen LogP contribution < -0.4 is 5.14 Å². The fourth-order valence-electron chi connectivity index (χ4n) is 2.52. The van der Waals surface area contributed by atoms with Gasteiger partial charge in [-0.05, 0) is 51.1 Å². The van der Waals surface area contributed by atoms with Crippen LogP contribution in [0.15, 0.2) is 0 Å². The summed E-state index contributed by atoms with van der Waals surface area (Å²) in [6, 6.07) is 0.614. The number of hydrogen-bond donors (Lipinski definition) is 1. The van der Waals surface area contributed by atoms with Gasteiger partial charge in [0.25, 0.3) is 0 Å². The van der Waals surface area contributed by atoms with Gasteiger partial charge in [-0.1, -0.05) is 13.8 Å². The molecule has 5 heteroatoms. The second-order valence-corrected chi connectivity index (χ2v) is 7.83. The van der Waals surface area contributed by atoms with E-state index in [9.17, 15) is 8.42 Å². The highest BCUT2D eigenvalue weighted by atomic mass is 32.2. The van der Waals surface area contributed by atoms with Crippen LogP contribution in [0.3, 0.4) is 0 Å². The van der Waals surface area contributed by atoms with E-state index < -0.39 is 10.0 Å². The molecule has 4 nitrogen and oxygen atoms in total. The maximum absolute atomic E-state index is 10.8. The van der Waals surface area contributed by atoms with E-state index in [0.29, 0.717) is 17.9 Å². The standard InChI is InChI=1S/C12H26N2O2S/c1-12(2)7-5-11(6-8-12)14(3)9-4-10-17(13,15)16/h11H,4-10H2,1-3H3,(H2,13,15,16). The van der Waals surface area contributed by atoms with Gasteiger partial charge in [0.2, 0.25) is 10.0 Å². The van der Waals surface area contributed by atoms with Crippen molar-refractivity contribution in [2.75, 3.05) is 19.3 Å². The third kappa shape index (κ3) is 5.84. The highest BCUT2D eigenvalue weighted by molar-refractivity contribution is 7.89. The molecular weight excluding hydrogens is 236 g/mol. The van der Waals surface area contributed by atoms with E-state index in [2.05, 4.69) is 25.8 Å². The molecule has 2 N–H and O–H groups in total. The van der Waals surface area contributed by atoms with E-state index >= 15 is 0 Å². The average molecular weight is 262 g/mol. The molecule has 0 aromatic heterocycles. The molecule has 0 aromatic carbocycles. The first kappa shape index (κ1) is 14.9. The molecule has 0 aliphatic heterocycles. The third-order valence-electron chi connectivity index (χ3n) is 3.87. The molecule has 17 heavy (non-hydrogen) atoms. The summed E-state index contributed by atoms with van der Waals surface area (Å²) in [6.07, 6.45) is 5.60. The lowest BCUT2D eigenvalue weighted by atomic mass is 9.75. The van der Waals surface area contributed by atoms with Gasteiger partial charge in [-0.3, -0.25) is 0 Å². The molecule has 102 valence electrons. The Morgan fingerprint density at radius 1 is 1.29 bits per heavy atom. The van der Waals surface area contributed by atoms with Gasteiger partial charge in [0.05, 0.1) is 5.75 Å². The molecule has 0 radical (unpaired) electrons. The van der Waals surface area contributed by atoms with Crippen LogP contribution in [0.2, 0.25) is 0 Å². The van der Waals surface area contributed by atoms with Crippen molar-refractivity contribution >= 4 is 10.0 Å². The summed E-state index contributed by atoms with van der Waals surface area (Å²) in [7, 11) is -1.21. The normalized spacial score (nSPS) is 21.9. The quantitative estimate of drug-likeness (QED) is 0.818. The first-order chi connectivity index (χ1) is 7.70. The molecule has 0 amide bonds. The van der Waals surface area contributed by atoms with Crippen molar-refractivity contribution in [3.8, 4) is 0 Å². The van der Waals surface area contributed by atoms with Crippen LogP contribution in [0.5, 0.6) is 0 Å². The van der Waals surface area contributed by atoms with Gasteiger partial charge in [-0.15, -0.1) is 0 Å². The minimum absolute atomic E-state index is 0.0928. The Bertz CT molecular complexity index is 328. The monoisotopic (exact) mass is 262 g/mol. The molecule has 0 spiro atoms. The SMILES string of the molecule is CN(CCCS(N)(=O)=O)C1CCC(C)(C)CC1.